The number of urea groups is 1. The highest BCUT2D eigenvalue weighted by Crippen LogP contribution is 2.27. The van der Waals surface area contributed by atoms with Gasteiger partial charge in [-0.2, -0.15) is 0 Å². The van der Waals surface area contributed by atoms with E-state index in [0.717, 1.165) is 15.7 Å². The lowest BCUT2D eigenvalue weighted by atomic mass is 10.0. The Kier molecular flexibility index (Phi) is 6.51. The first-order chi connectivity index (χ1) is 9.40. The molecule has 0 aliphatic rings. The number of hydrogen-bond acceptors (Lipinski definition) is 2. The van der Waals surface area contributed by atoms with Crippen molar-refractivity contribution in [2.45, 2.75) is 32.6 Å². The number of amides is 2. The van der Waals surface area contributed by atoms with Gasteiger partial charge < -0.3 is 15.7 Å². The fourth-order valence-electron chi connectivity index (χ4n) is 1.73. The Morgan fingerprint density at radius 1 is 1.35 bits per heavy atom. The summed E-state index contributed by atoms with van der Waals surface area (Å²) in [6.07, 6.45) is 0.468. The minimum absolute atomic E-state index is 0.0514. The lowest BCUT2D eigenvalue weighted by Crippen LogP contribution is -2.30. The number of carbonyl (C=O) groups is 2. The summed E-state index contributed by atoms with van der Waals surface area (Å²) in [6.45, 7) is 4.45. The van der Waals surface area contributed by atoms with Gasteiger partial charge in [-0.15, -0.1) is 0 Å². The summed E-state index contributed by atoms with van der Waals surface area (Å²) in [5.41, 5.74) is 1.80. The monoisotopic (exact) mass is 342 g/mol. The van der Waals surface area contributed by atoms with Crippen LogP contribution in [0.4, 0.5) is 10.5 Å². The fourth-order valence-corrected chi connectivity index (χ4v) is 2.11. The Bertz CT molecular complexity index is 489. The van der Waals surface area contributed by atoms with E-state index >= 15 is 0 Å². The summed E-state index contributed by atoms with van der Waals surface area (Å²) in [5, 5.41) is 13.9. The van der Waals surface area contributed by atoms with Crippen LogP contribution in [0.1, 0.15) is 38.2 Å². The maximum absolute atomic E-state index is 11.7. The van der Waals surface area contributed by atoms with E-state index < -0.39 is 5.97 Å². The van der Waals surface area contributed by atoms with Crippen LogP contribution in [0.15, 0.2) is 22.7 Å². The van der Waals surface area contributed by atoms with Gasteiger partial charge in [0, 0.05) is 23.1 Å². The predicted octanol–water partition coefficient (Wildman–Crippen LogP) is 3.56. The molecule has 0 radical (unpaired) electrons. The quantitative estimate of drug-likeness (QED) is 0.691. The molecule has 20 heavy (non-hydrogen) atoms. The number of carboxylic acid groups (broad SMARTS) is 1. The molecule has 0 unspecified atom stereocenters. The first-order valence-corrected chi connectivity index (χ1v) is 7.25. The van der Waals surface area contributed by atoms with E-state index in [9.17, 15) is 9.59 Å². The highest BCUT2D eigenvalue weighted by atomic mass is 79.9. The van der Waals surface area contributed by atoms with Gasteiger partial charge in [0.15, 0.2) is 0 Å². The summed E-state index contributed by atoms with van der Waals surface area (Å²) in [6, 6.07) is 5.37. The standard InChI is InChI=1S/C14H19BrN2O3/c1-9(2)11-8-10(15)5-6-12(11)17-14(20)16-7-3-4-13(18)19/h5-6,8-9H,3-4,7H2,1-2H3,(H,18,19)(H2,16,17,20). The number of carbonyl (C=O) groups excluding carboxylic acids is 1. The molecular weight excluding hydrogens is 324 g/mol. The highest BCUT2D eigenvalue weighted by molar-refractivity contribution is 9.10. The number of benzene rings is 1. The van der Waals surface area contributed by atoms with Gasteiger partial charge in [0.25, 0.3) is 0 Å². The fraction of sp³-hybridized carbons (Fsp3) is 0.429. The van der Waals surface area contributed by atoms with Gasteiger partial charge in [0.2, 0.25) is 0 Å². The smallest absolute Gasteiger partial charge is 0.319 e. The van der Waals surface area contributed by atoms with Crippen molar-refractivity contribution in [2.24, 2.45) is 0 Å². The number of anilines is 1. The summed E-state index contributed by atoms with van der Waals surface area (Å²) >= 11 is 3.41. The molecule has 0 heterocycles. The van der Waals surface area contributed by atoms with Crippen LogP contribution in [0.25, 0.3) is 0 Å². The van der Waals surface area contributed by atoms with Gasteiger partial charge in [-0.1, -0.05) is 29.8 Å². The zero-order valence-electron chi connectivity index (χ0n) is 11.6. The highest BCUT2D eigenvalue weighted by Gasteiger charge is 2.10. The second-order valence-electron chi connectivity index (χ2n) is 4.76. The van der Waals surface area contributed by atoms with Crippen molar-refractivity contribution in [1.29, 1.82) is 0 Å². The average molecular weight is 343 g/mol. The largest absolute Gasteiger partial charge is 0.481 e. The lowest BCUT2D eigenvalue weighted by molar-refractivity contribution is -0.137. The molecule has 0 fully saturated rings. The van der Waals surface area contributed by atoms with E-state index in [0.29, 0.717) is 13.0 Å². The number of halogens is 1. The van der Waals surface area contributed by atoms with Crippen LogP contribution in [-0.4, -0.2) is 23.7 Å². The molecule has 0 saturated heterocycles. The molecule has 0 atom stereocenters. The van der Waals surface area contributed by atoms with Crippen molar-refractivity contribution in [2.75, 3.05) is 11.9 Å². The summed E-state index contributed by atoms with van der Waals surface area (Å²) < 4.78 is 0.966. The normalized spacial score (nSPS) is 10.4. The summed E-state index contributed by atoms with van der Waals surface area (Å²) in [4.78, 5) is 22.1. The third kappa shape index (κ3) is 5.61. The maximum atomic E-state index is 11.7. The van der Waals surface area contributed by atoms with Crippen molar-refractivity contribution in [3.63, 3.8) is 0 Å². The second kappa shape index (κ2) is 7.89. The molecule has 3 N–H and O–H groups in total. The van der Waals surface area contributed by atoms with Crippen molar-refractivity contribution < 1.29 is 14.7 Å². The molecule has 0 aliphatic carbocycles. The Morgan fingerprint density at radius 2 is 2.05 bits per heavy atom. The lowest BCUT2D eigenvalue weighted by Gasteiger charge is -2.14. The molecule has 0 aromatic heterocycles. The zero-order chi connectivity index (χ0) is 15.1. The molecule has 1 aromatic carbocycles. The molecule has 6 heteroatoms. The molecule has 0 saturated carbocycles. The molecular formula is C14H19BrN2O3. The minimum Gasteiger partial charge on any atom is -0.481 e. The molecule has 1 rings (SSSR count). The Labute approximate surface area is 126 Å². The number of nitrogens with one attached hydrogen (secondary N) is 2. The van der Waals surface area contributed by atoms with E-state index in [1.165, 1.54) is 0 Å². The van der Waals surface area contributed by atoms with Crippen LogP contribution in [0.2, 0.25) is 0 Å². The van der Waals surface area contributed by atoms with Crippen LogP contribution in [0.5, 0.6) is 0 Å². The topological polar surface area (TPSA) is 78.4 Å². The first kappa shape index (κ1) is 16.5. The number of rotatable bonds is 6. The van der Waals surface area contributed by atoms with Crippen molar-refractivity contribution in [3.05, 3.63) is 28.2 Å². The van der Waals surface area contributed by atoms with Gasteiger partial charge >= 0.3 is 12.0 Å². The maximum Gasteiger partial charge on any atom is 0.319 e. The van der Waals surface area contributed by atoms with Crippen molar-refractivity contribution in [3.8, 4) is 0 Å². The third-order valence-electron chi connectivity index (χ3n) is 2.74. The predicted molar refractivity (Wildman–Crippen MR) is 82.1 cm³/mol. The van der Waals surface area contributed by atoms with Crippen LogP contribution < -0.4 is 10.6 Å². The van der Waals surface area contributed by atoms with Gasteiger partial charge in [-0.05, 0) is 36.1 Å². The van der Waals surface area contributed by atoms with Crippen LogP contribution in [0, 0.1) is 0 Å². The van der Waals surface area contributed by atoms with Gasteiger partial charge in [-0.25, -0.2) is 4.79 Å². The minimum atomic E-state index is -0.859. The van der Waals surface area contributed by atoms with Crippen molar-refractivity contribution >= 4 is 33.6 Å². The van der Waals surface area contributed by atoms with Crippen molar-refractivity contribution in [1.82, 2.24) is 5.32 Å². The molecule has 0 spiro atoms. The van der Waals surface area contributed by atoms with E-state index in [1.54, 1.807) is 0 Å². The zero-order valence-corrected chi connectivity index (χ0v) is 13.2. The van der Waals surface area contributed by atoms with Gasteiger partial charge in [-0.3, -0.25) is 4.79 Å². The molecule has 0 bridgehead atoms. The van der Waals surface area contributed by atoms with Gasteiger partial charge in [0.05, 0.1) is 0 Å². The van der Waals surface area contributed by atoms with E-state index in [4.69, 9.17) is 5.11 Å². The Morgan fingerprint density at radius 3 is 2.65 bits per heavy atom. The SMILES string of the molecule is CC(C)c1cc(Br)ccc1NC(=O)NCCCC(=O)O. The molecule has 1 aromatic rings. The van der Waals surface area contributed by atoms with E-state index in [2.05, 4.69) is 40.4 Å². The molecule has 110 valence electrons. The molecule has 0 aliphatic heterocycles. The Balaban J connectivity index is 2.55. The number of aliphatic carboxylic acids is 1. The molecule has 5 nitrogen and oxygen atoms in total. The third-order valence-corrected chi connectivity index (χ3v) is 3.23. The van der Waals surface area contributed by atoms with Crippen LogP contribution in [-0.2, 0) is 4.79 Å². The van der Waals surface area contributed by atoms with Gasteiger partial charge in [0.1, 0.15) is 0 Å². The van der Waals surface area contributed by atoms with Crippen LogP contribution in [0.3, 0.4) is 0 Å². The second-order valence-corrected chi connectivity index (χ2v) is 5.68. The van der Waals surface area contributed by atoms with E-state index in [1.807, 2.05) is 18.2 Å². The van der Waals surface area contributed by atoms with Crippen LogP contribution >= 0.6 is 15.9 Å². The summed E-state index contributed by atoms with van der Waals surface area (Å²) in [7, 11) is 0. The molecule has 2 amide bonds. The first-order valence-electron chi connectivity index (χ1n) is 6.46. The average Bonchev–Trinajstić information content (AvgIpc) is 2.36. The Hall–Kier alpha value is -1.56. The van der Waals surface area contributed by atoms with E-state index in [-0.39, 0.29) is 18.4 Å². The number of hydrogen-bond donors (Lipinski definition) is 3. The number of carboxylic acids is 1. The summed E-state index contributed by atoms with van der Waals surface area (Å²) in [5.74, 6) is -0.572.